The number of halogens is 1. The summed E-state index contributed by atoms with van der Waals surface area (Å²) in [5, 5.41) is 7.65. The number of fused-ring (bicyclic) bond motifs is 1. The molecule has 1 aromatic heterocycles. The Labute approximate surface area is 193 Å². The molecule has 0 aliphatic carbocycles. The third kappa shape index (κ3) is 3.89. The summed E-state index contributed by atoms with van der Waals surface area (Å²) in [5.41, 5.74) is 4.89. The highest BCUT2D eigenvalue weighted by Crippen LogP contribution is 2.34. The van der Waals surface area contributed by atoms with Gasteiger partial charge in [-0.15, -0.1) is 0 Å². The van der Waals surface area contributed by atoms with Gasteiger partial charge < -0.3 is 5.32 Å². The van der Waals surface area contributed by atoms with Crippen molar-refractivity contribution in [3.05, 3.63) is 69.5 Å². The molecule has 1 amide bonds. The molecule has 1 aliphatic rings. The number of carbonyl (C=O) groups excluding carboxylic acids is 1. The Kier molecular flexibility index (Phi) is 5.77. The Morgan fingerprint density at radius 1 is 1.16 bits per heavy atom. The smallest absolute Gasteiger partial charge is 0.268 e. The van der Waals surface area contributed by atoms with E-state index in [0.29, 0.717) is 40.8 Å². The van der Waals surface area contributed by atoms with Crippen LogP contribution in [0.15, 0.2) is 41.3 Å². The van der Waals surface area contributed by atoms with Gasteiger partial charge in [0.25, 0.3) is 10.0 Å². The maximum absolute atomic E-state index is 13.5. The molecule has 0 unspecified atom stereocenters. The quantitative estimate of drug-likeness (QED) is 0.604. The van der Waals surface area contributed by atoms with E-state index in [1.165, 1.54) is 8.99 Å². The predicted octanol–water partition coefficient (Wildman–Crippen LogP) is 4.16. The average molecular weight is 473 g/mol. The zero-order valence-electron chi connectivity index (χ0n) is 18.4. The maximum atomic E-state index is 13.5. The van der Waals surface area contributed by atoms with Gasteiger partial charge in [-0.25, -0.2) is 8.42 Å². The van der Waals surface area contributed by atoms with Crippen molar-refractivity contribution in [2.45, 2.75) is 45.6 Å². The second-order valence-electron chi connectivity index (χ2n) is 8.10. The lowest BCUT2D eigenvalue weighted by molar-refractivity contribution is -0.116. The molecule has 0 bridgehead atoms. The first-order valence-electron chi connectivity index (χ1n) is 10.3. The first-order valence-corrected chi connectivity index (χ1v) is 12.1. The van der Waals surface area contributed by atoms with Gasteiger partial charge in [0.15, 0.2) is 0 Å². The highest BCUT2D eigenvalue weighted by molar-refractivity contribution is 7.93. The Bertz CT molecular complexity index is 1310. The lowest BCUT2D eigenvalue weighted by Crippen LogP contribution is -2.30. The zero-order chi connectivity index (χ0) is 23.2. The lowest BCUT2D eigenvalue weighted by Gasteiger charge is -2.19. The van der Waals surface area contributed by atoms with Crippen LogP contribution in [0.25, 0.3) is 0 Å². The molecule has 0 atom stereocenters. The Balaban J connectivity index is 1.61. The Hall–Kier alpha value is -2.84. The van der Waals surface area contributed by atoms with Gasteiger partial charge >= 0.3 is 0 Å². The topological polar surface area (TPSA) is 84.3 Å². The summed E-state index contributed by atoms with van der Waals surface area (Å²) in [5.74, 6) is -0.333. The normalized spacial score (nSPS) is 13.3. The van der Waals surface area contributed by atoms with Crippen LogP contribution in [0, 0.1) is 27.7 Å². The van der Waals surface area contributed by atoms with E-state index >= 15 is 0 Å². The minimum Gasteiger partial charge on any atom is -0.323 e. The average Bonchev–Trinajstić information content (AvgIpc) is 3.26. The first-order chi connectivity index (χ1) is 15.1. The van der Waals surface area contributed by atoms with Crippen LogP contribution in [0.5, 0.6) is 0 Å². The van der Waals surface area contributed by atoms with Crippen molar-refractivity contribution >= 4 is 38.9 Å². The van der Waals surface area contributed by atoms with Crippen molar-refractivity contribution in [3.8, 4) is 0 Å². The largest absolute Gasteiger partial charge is 0.323 e. The zero-order valence-corrected chi connectivity index (χ0v) is 20.0. The van der Waals surface area contributed by atoms with Gasteiger partial charge in [0.2, 0.25) is 5.91 Å². The van der Waals surface area contributed by atoms with Gasteiger partial charge in [-0.1, -0.05) is 35.9 Å². The summed E-state index contributed by atoms with van der Waals surface area (Å²) in [6, 6.07) is 11.2. The molecule has 0 spiro atoms. The number of nitrogens with zero attached hydrogens (tertiary/aromatic N) is 3. The van der Waals surface area contributed by atoms with Crippen LogP contribution in [-0.4, -0.2) is 30.7 Å². The molecular formula is C23H25ClN4O3S. The highest BCUT2D eigenvalue weighted by Gasteiger charge is 2.35. The molecule has 32 heavy (non-hydrogen) atoms. The van der Waals surface area contributed by atoms with E-state index in [4.69, 9.17) is 11.6 Å². The van der Waals surface area contributed by atoms with Gasteiger partial charge in [-0.2, -0.15) is 5.10 Å². The number of hydrogen-bond acceptors (Lipinski definition) is 4. The van der Waals surface area contributed by atoms with E-state index in [1.54, 1.807) is 19.9 Å². The number of aromatic nitrogens is 2. The molecule has 2 aromatic carbocycles. The summed E-state index contributed by atoms with van der Waals surface area (Å²) in [6.45, 7) is 7.39. The fourth-order valence-corrected chi connectivity index (χ4v) is 6.51. The predicted molar refractivity (Wildman–Crippen MR) is 126 cm³/mol. The van der Waals surface area contributed by atoms with E-state index < -0.39 is 10.0 Å². The molecule has 2 heterocycles. The van der Waals surface area contributed by atoms with Crippen molar-refractivity contribution < 1.29 is 13.2 Å². The van der Waals surface area contributed by atoms with E-state index in [0.717, 1.165) is 16.7 Å². The SMILES string of the molecule is Cc1cc(C)c(NC(=O)Cn2nc(C)c(S(=O)(=O)N3CCc4ccccc43)c2C)c(Cl)c1. The van der Waals surface area contributed by atoms with Crippen LogP contribution < -0.4 is 9.62 Å². The van der Waals surface area contributed by atoms with E-state index in [2.05, 4.69) is 10.4 Å². The molecule has 168 valence electrons. The van der Waals surface area contributed by atoms with Gasteiger partial charge in [-0.05, 0) is 62.9 Å². The number of rotatable bonds is 5. The molecular weight excluding hydrogens is 448 g/mol. The molecule has 0 fully saturated rings. The van der Waals surface area contributed by atoms with Crippen molar-refractivity contribution in [2.75, 3.05) is 16.2 Å². The van der Waals surface area contributed by atoms with Crippen LogP contribution in [-0.2, 0) is 27.8 Å². The minimum absolute atomic E-state index is 0.123. The number of sulfonamides is 1. The monoisotopic (exact) mass is 472 g/mol. The summed E-state index contributed by atoms with van der Waals surface area (Å²) in [6.07, 6.45) is 0.667. The number of para-hydroxylation sites is 1. The molecule has 1 aliphatic heterocycles. The van der Waals surface area contributed by atoms with E-state index in [9.17, 15) is 13.2 Å². The van der Waals surface area contributed by atoms with E-state index in [1.807, 2.05) is 44.2 Å². The number of amides is 1. The molecule has 3 aromatic rings. The fraction of sp³-hybridized carbons (Fsp3) is 0.304. The van der Waals surface area contributed by atoms with Crippen molar-refractivity contribution in [2.24, 2.45) is 0 Å². The summed E-state index contributed by atoms with van der Waals surface area (Å²) in [7, 11) is -3.81. The summed E-state index contributed by atoms with van der Waals surface area (Å²) < 4.78 is 29.9. The number of carbonyl (C=O) groups is 1. The molecule has 0 saturated carbocycles. The second-order valence-corrected chi connectivity index (χ2v) is 10.3. The molecule has 4 rings (SSSR count). The fourth-order valence-electron chi connectivity index (χ4n) is 4.26. The molecule has 0 radical (unpaired) electrons. The van der Waals surface area contributed by atoms with Crippen molar-refractivity contribution in [1.29, 1.82) is 0 Å². The van der Waals surface area contributed by atoms with Crippen molar-refractivity contribution in [3.63, 3.8) is 0 Å². The van der Waals surface area contributed by atoms with Crippen LogP contribution in [0.2, 0.25) is 5.02 Å². The Morgan fingerprint density at radius 3 is 2.59 bits per heavy atom. The van der Waals surface area contributed by atoms with Crippen LogP contribution in [0.3, 0.4) is 0 Å². The third-order valence-corrected chi connectivity index (χ3v) is 8.06. The minimum atomic E-state index is -3.81. The highest BCUT2D eigenvalue weighted by atomic mass is 35.5. The van der Waals surface area contributed by atoms with Gasteiger partial charge in [0, 0.05) is 6.54 Å². The standard InChI is InChI=1S/C23H25ClN4O3S/c1-14-11-15(2)22(19(24)12-14)25-21(29)13-27-17(4)23(16(3)26-27)32(30,31)28-10-9-18-7-5-6-8-20(18)28/h5-8,11-12H,9-10,13H2,1-4H3,(H,25,29). The van der Waals surface area contributed by atoms with Crippen LogP contribution in [0.1, 0.15) is 28.1 Å². The number of anilines is 2. The first kappa shape index (κ1) is 22.4. The third-order valence-electron chi connectivity index (χ3n) is 5.70. The van der Waals surface area contributed by atoms with Crippen molar-refractivity contribution in [1.82, 2.24) is 9.78 Å². The molecule has 7 nitrogen and oxygen atoms in total. The Morgan fingerprint density at radius 2 is 1.88 bits per heavy atom. The van der Waals surface area contributed by atoms with Gasteiger partial charge in [0.1, 0.15) is 11.4 Å². The van der Waals surface area contributed by atoms with Crippen LogP contribution in [0.4, 0.5) is 11.4 Å². The number of aryl methyl sites for hydroxylation is 3. The summed E-state index contributed by atoms with van der Waals surface area (Å²) >= 11 is 6.29. The molecule has 1 N–H and O–H groups in total. The van der Waals surface area contributed by atoms with Gasteiger partial charge in [0.05, 0.1) is 27.8 Å². The number of hydrogen-bond donors (Lipinski definition) is 1. The summed E-state index contributed by atoms with van der Waals surface area (Å²) in [4.78, 5) is 12.9. The molecule has 9 heteroatoms. The molecule has 0 saturated heterocycles. The van der Waals surface area contributed by atoms with Gasteiger partial charge in [-0.3, -0.25) is 13.8 Å². The van der Waals surface area contributed by atoms with E-state index in [-0.39, 0.29) is 17.3 Å². The van der Waals surface area contributed by atoms with Crippen LogP contribution >= 0.6 is 11.6 Å². The lowest BCUT2D eigenvalue weighted by atomic mass is 10.1. The number of nitrogens with one attached hydrogen (secondary N) is 1. The maximum Gasteiger partial charge on any atom is 0.268 e. The number of benzene rings is 2. The second kappa shape index (κ2) is 8.26.